The summed E-state index contributed by atoms with van der Waals surface area (Å²) in [6.07, 6.45) is 0. The maximum Gasteiger partial charge on any atom is 0.257 e. The molecule has 0 unspecified atom stereocenters. The fraction of sp³-hybridized carbons (Fsp3) is 0.320. The molecule has 1 aromatic heterocycles. The van der Waals surface area contributed by atoms with E-state index in [9.17, 15) is 4.79 Å². The summed E-state index contributed by atoms with van der Waals surface area (Å²) < 4.78 is 7.58. The third kappa shape index (κ3) is 4.32. The van der Waals surface area contributed by atoms with Crippen molar-refractivity contribution in [2.75, 3.05) is 31.6 Å². The Morgan fingerprint density at radius 2 is 1.77 bits per heavy atom. The summed E-state index contributed by atoms with van der Waals surface area (Å²) in [5.41, 5.74) is 7.01. The highest BCUT2D eigenvalue weighted by molar-refractivity contribution is 6.05. The minimum Gasteiger partial charge on any atom is -0.379 e. The average molecular weight is 404 g/mol. The van der Waals surface area contributed by atoms with Crippen LogP contribution in [0.3, 0.4) is 0 Å². The van der Waals surface area contributed by atoms with Gasteiger partial charge < -0.3 is 14.6 Å². The molecule has 1 aliphatic rings. The Kier molecular flexibility index (Phi) is 6.02. The van der Waals surface area contributed by atoms with E-state index in [1.807, 2.05) is 44.2 Å². The van der Waals surface area contributed by atoms with Crippen molar-refractivity contribution < 1.29 is 9.53 Å². The van der Waals surface area contributed by atoms with Crippen molar-refractivity contribution in [3.63, 3.8) is 0 Å². The van der Waals surface area contributed by atoms with E-state index in [2.05, 4.69) is 46.0 Å². The second kappa shape index (κ2) is 8.86. The van der Waals surface area contributed by atoms with Crippen LogP contribution < -0.4 is 5.32 Å². The van der Waals surface area contributed by atoms with Gasteiger partial charge in [0.1, 0.15) is 0 Å². The van der Waals surface area contributed by atoms with Crippen LogP contribution in [-0.4, -0.2) is 41.7 Å². The van der Waals surface area contributed by atoms with E-state index in [1.165, 1.54) is 11.1 Å². The van der Waals surface area contributed by atoms with Gasteiger partial charge in [-0.25, -0.2) is 0 Å². The number of carbonyl (C=O) groups excluding carboxylic acids is 1. The Labute approximate surface area is 178 Å². The van der Waals surface area contributed by atoms with Crippen LogP contribution in [0.1, 0.15) is 32.9 Å². The third-order valence-corrected chi connectivity index (χ3v) is 5.73. The van der Waals surface area contributed by atoms with Gasteiger partial charge in [-0.2, -0.15) is 0 Å². The molecule has 2 heterocycles. The summed E-state index contributed by atoms with van der Waals surface area (Å²) in [6, 6.07) is 18.3. The summed E-state index contributed by atoms with van der Waals surface area (Å²) in [4.78, 5) is 15.4. The van der Waals surface area contributed by atoms with E-state index in [0.717, 1.165) is 55.6 Å². The van der Waals surface area contributed by atoms with E-state index in [4.69, 9.17) is 4.74 Å². The molecule has 1 N–H and O–H groups in total. The molecule has 2 aromatic carbocycles. The fourth-order valence-corrected chi connectivity index (χ4v) is 4.14. The van der Waals surface area contributed by atoms with Crippen molar-refractivity contribution >= 4 is 11.6 Å². The van der Waals surface area contributed by atoms with Gasteiger partial charge in [-0.3, -0.25) is 9.69 Å². The van der Waals surface area contributed by atoms with Gasteiger partial charge in [-0.1, -0.05) is 30.3 Å². The summed E-state index contributed by atoms with van der Waals surface area (Å²) >= 11 is 0. The number of nitrogens with zero attached hydrogens (tertiary/aromatic N) is 2. The molecule has 0 radical (unpaired) electrons. The largest absolute Gasteiger partial charge is 0.379 e. The number of hydrogen-bond acceptors (Lipinski definition) is 3. The van der Waals surface area contributed by atoms with Crippen LogP contribution in [0.2, 0.25) is 0 Å². The molecule has 5 heteroatoms. The lowest BCUT2D eigenvalue weighted by Crippen LogP contribution is -2.35. The van der Waals surface area contributed by atoms with E-state index in [0.29, 0.717) is 5.56 Å². The zero-order chi connectivity index (χ0) is 21.1. The van der Waals surface area contributed by atoms with Crippen molar-refractivity contribution in [3.8, 4) is 5.69 Å². The highest BCUT2D eigenvalue weighted by Gasteiger charge is 2.18. The number of anilines is 1. The molecule has 30 heavy (non-hydrogen) atoms. The van der Waals surface area contributed by atoms with Crippen LogP contribution in [-0.2, 0) is 11.3 Å². The zero-order valence-electron chi connectivity index (χ0n) is 17.9. The van der Waals surface area contributed by atoms with Crippen LogP contribution in [0, 0.1) is 20.8 Å². The lowest BCUT2D eigenvalue weighted by Gasteiger charge is -2.26. The van der Waals surface area contributed by atoms with Crippen molar-refractivity contribution in [2.24, 2.45) is 0 Å². The number of rotatable bonds is 5. The number of ether oxygens (including phenoxy) is 1. The lowest BCUT2D eigenvalue weighted by atomic mass is 10.1. The molecule has 1 saturated heterocycles. The van der Waals surface area contributed by atoms with E-state index < -0.39 is 0 Å². The van der Waals surface area contributed by atoms with Gasteiger partial charge >= 0.3 is 0 Å². The van der Waals surface area contributed by atoms with E-state index in [-0.39, 0.29) is 5.91 Å². The lowest BCUT2D eigenvalue weighted by molar-refractivity contribution is 0.0342. The summed E-state index contributed by atoms with van der Waals surface area (Å²) in [5.74, 6) is -0.0774. The molecule has 1 aliphatic heterocycles. The molecule has 4 rings (SSSR count). The molecule has 156 valence electrons. The number of aromatic nitrogens is 1. The minimum atomic E-state index is -0.0774. The normalized spacial score (nSPS) is 14.6. The first-order valence-electron chi connectivity index (χ1n) is 10.5. The second-order valence-electron chi connectivity index (χ2n) is 7.95. The number of para-hydroxylation sites is 1. The predicted molar refractivity (Wildman–Crippen MR) is 120 cm³/mol. The Balaban J connectivity index is 1.53. The van der Waals surface area contributed by atoms with Gasteiger partial charge in [-0.15, -0.1) is 0 Å². The van der Waals surface area contributed by atoms with Crippen LogP contribution >= 0.6 is 0 Å². The van der Waals surface area contributed by atoms with Gasteiger partial charge in [0.2, 0.25) is 0 Å². The predicted octanol–water partition coefficient (Wildman–Crippen LogP) is 4.49. The first-order valence-corrected chi connectivity index (χ1v) is 10.5. The molecule has 1 amide bonds. The van der Waals surface area contributed by atoms with Crippen LogP contribution in [0.4, 0.5) is 5.69 Å². The molecule has 0 aliphatic carbocycles. The van der Waals surface area contributed by atoms with Crippen molar-refractivity contribution in [3.05, 3.63) is 82.7 Å². The van der Waals surface area contributed by atoms with Crippen molar-refractivity contribution in [1.82, 2.24) is 9.47 Å². The number of aryl methyl sites for hydroxylation is 2. The average Bonchev–Trinajstić information content (AvgIpc) is 3.04. The molecular formula is C25H29N3O2. The first kappa shape index (κ1) is 20.4. The molecule has 0 bridgehead atoms. The number of carbonyl (C=O) groups is 1. The number of benzene rings is 2. The minimum absolute atomic E-state index is 0.0774. The van der Waals surface area contributed by atoms with Crippen molar-refractivity contribution in [1.29, 1.82) is 0 Å². The molecule has 3 aromatic rings. The molecule has 1 fully saturated rings. The smallest absolute Gasteiger partial charge is 0.257 e. The molecule has 0 spiro atoms. The van der Waals surface area contributed by atoms with Gasteiger partial charge in [0.15, 0.2) is 0 Å². The Morgan fingerprint density at radius 3 is 2.53 bits per heavy atom. The Bertz CT molecular complexity index is 1050. The Morgan fingerprint density at radius 1 is 1.00 bits per heavy atom. The third-order valence-electron chi connectivity index (χ3n) is 5.73. The standard InChI is InChI=1S/C25H29N3O2/c1-18-7-4-5-10-24(18)28-19(2)15-23(20(28)3)25(29)26-22-9-6-8-21(16-22)17-27-11-13-30-14-12-27/h4-10,15-16H,11-14,17H2,1-3H3,(H,26,29). The van der Waals surface area contributed by atoms with E-state index in [1.54, 1.807) is 0 Å². The maximum atomic E-state index is 13.1. The fourth-order valence-electron chi connectivity index (χ4n) is 4.14. The van der Waals surface area contributed by atoms with Gasteiger partial charge in [0, 0.05) is 42.4 Å². The van der Waals surface area contributed by atoms with Crippen LogP contribution in [0.15, 0.2) is 54.6 Å². The number of amides is 1. The SMILES string of the molecule is Cc1ccccc1-n1c(C)cc(C(=O)Nc2cccc(CN3CCOCC3)c2)c1C. The molecule has 0 saturated carbocycles. The Hall–Kier alpha value is -2.89. The molecule has 0 atom stereocenters. The highest BCUT2D eigenvalue weighted by Crippen LogP contribution is 2.24. The molecule has 5 nitrogen and oxygen atoms in total. The topological polar surface area (TPSA) is 46.5 Å². The monoisotopic (exact) mass is 403 g/mol. The summed E-state index contributed by atoms with van der Waals surface area (Å²) in [6.45, 7) is 10.5. The molecular weight excluding hydrogens is 374 g/mol. The van der Waals surface area contributed by atoms with Gasteiger partial charge in [0.25, 0.3) is 5.91 Å². The van der Waals surface area contributed by atoms with Gasteiger partial charge in [-0.05, 0) is 56.2 Å². The number of hydrogen-bond donors (Lipinski definition) is 1. The van der Waals surface area contributed by atoms with Crippen molar-refractivity contribution in [2.45, 2.75) is 27.3 Å². The number of nitrogens with one attached hydrogen (secondary N) is 1. The summed E-state index contributed by atoms with van der Waals surface area (Å²) in [5, 5.41) is 3.09. The highest BCUT2D eigenvalue weighted by atomic mass is 16.5. The van der Waals surface area contributed by atoms with Gasteiger partial charge in [0.05, 0.1) is 18.8 Å². The zero-order valence-corrected chi connectivity index (χ0v) is 17.9. The van der Waals surface area contributed by atoms with Crippen LogP contribution in [0.5, 0.6) is 0 Å². The van der Waals surface area contributed by atoms with Crippen LogP contribution in [0.25, 0.3) is 5.69 Å². The first-order chi connectivity index (χ1) is 14.5. The summed E-state index contributed by atoms with van der Waals surface area (Å²) in [7, 11) is 0. The quantitative estimate of drug-likeness (QED) is 0.683. The number of morpholine rings is 1. The maximum absolute atomic E-state index is 13.1. The second-order valence-corrected chi connectivity index (χ2v) is 7.95. The van der Waals surface area contributed by atoms with E-state index >= 15 is 0 Å².